The molecule has 0 spiro atoms. The van der Waals surface area contributed by atoms with Crippen LogP contribution in [0.25, 0.3) is 0 Å². The Kier molecular flexibility index (Phi) is 7.35. The largest absolute Gasteiger partial charge is 0.357 e. The Bertz CT molecular complexity index is 858. The third-order valence-corrected chi connectivity index (χ3v) is 5.44. The van der Waals surface area contributed by atoms with Crippen LogP contribution in [-0.2, 0) is 6.42 Å². The molecule has 1 aliphatic heterocycles. The number of benzene rings is 1. The van der Waals surface area contributed by atoms with Crippen LogP contribution < -0.4 is 10.6 Å². The molecule has 0 saturated heterocycles. The minimum absolute atomic E-state index is 0.193. The van der Waals surface area contributed by atoms with E-state index in [0.717, 1.165) is 49.0 Å². The molecule has 3 rings (SSSR count). The molecule has 1 aliphatic rings. The number of aryl methyl sites for hydroxylation is 1. The molecule has 1 aromatic heterocycles. The summed E-state index contributed by atoms with van der Waals surface area (Å²) in [6.45, 7) is 6.66. The van der Waals surface area contributed by atoms with Crippen LogP contribution in [0.5, 0.6) is 0 Å². The van der Waals surface area contributed by atoms with Gasteiger partial charge in [-0.2, -0.15) is 0 Å². The Labute approximate surface area is 175 Å². The number of hydrogen-bond donors (Lipinski definition) is 2. The molecule has 154 valence electrons. The Hall–Kier alpha value is -2.74. The maximum Gasteiger partial charge on any atom is 0.261 e. The smallest absolute Gasteiger partial charge is 0.261 e. The second-order valence-corrected chi connectivity index (χ2v) is 7.87. The van der Waals surface area contributed by atoms with Crippen molar-refractivity contribution in [1.82, 2.24) is 20.5 Å². The lowest BCUT2D eigenvalue weighted by Crippen LogP contribution is -2.38. The number of thiazole rings is 1. The van der Waals surface area contributed by atoms with Crippen LogP contribution >= 0.6 is 11.3 Å². The van der Waals surface area contributed by atoms with Crippen LogP contribution in [-0.4, -0.2) is 53.8 Å². The van der Waals surface area contributed by atoms with Crippen LogP contribution in [0.4, 0.5) is 0 Å². The number of aliphatic imine (C=N–C) groups is 1. The lowest BCUT2D eigenvalue weighted by molar-refractivity contribution is 0.0652. The third kappa shape index (κ3) is 5.41. The molecule has 2 aromatic rings. The summed E-state index contributed by atoms with van der Waals surface area (Å²) in [5.41, 5.74) is 2.10. The van der Waals surface area contributed by atoms with Crippen molar-refractivity contribution in [3.63, 3.8) is 0 Å². The first-order chi connectivity index (χ1) is 14.1. The molecule has 29 heavy (non-hydrogen) atoms. The van der Waals surface area contributed by atoms with Crippen molar-refractivity contribution >= 4 is 29.1 Å². The summed E-state index contributed by atoms with van der Waals surface area (Å²) in [7, 11) is 0. The zero-order valence-electron chi connectivity index (χ0n) is 16.9. The summed E-state index contributed by atoms with van der Waals surface area (Å²) in [6.07, 6.45) is 2.39. The fourth-order valence-corrected chi connectivity index (χ4v) is 3.84. The summed E-state index contributed by atoms with van der Waals surface area (Å²) >= 11 is 1.66. The van der Waals surface area contributed by atoms with Gasteiger partial charge >= 0.3 is 0 Å². The number of carbonyl (C=O) groups is 2. The first-order valence-corrected chi connectivity index (χ1v) is 10.9. The van der Waals surface area contributed by atoms with E-state index in [-0.39, 0.29) is 11.8 Å². The van der Waals surface area contributed by atoms with Gasteiger partial charge in [0.15, 0.2) is 5.96 Å². The van der Waals surface area contributed by atoms with Gasteiger partial charge in [0.25, 0.3) is 11.8 Å². The third-order valence-electron chi connectivity index (χ3n) is 4.62. The Balaban J connectivity index is 1.41. The van der Waals surface area contributed by atoms with Gasteiger partial charge in [-0.3, -0.25) is 19.5 Å². The number of imide groups is 1. The lowest BCUT2D eigenvalue weighted by atomic mass is 10.1. The molecule has 7 nitrogen and oxygen atoms in total. The van der Waals surface area contributed by atoms with E-state index in [1.165, 1.54) is 4.90 Å². The summed E-state index contributed by atoms with van der Waals surface area (Å²) in [5.74, 6) is 0.392. The monoisotopic (exact) mass is 413 g/mol. The first kappa shape index (κ1) is 21.0. The number of unbranched alkanes of at least 4 members (excludes halogenated alkanes) is 1. The molecule has 0 saturated carbocycles. The van der Waals surface area contributed by atoms with Crippen LogP contribution in [0.3, 0.4) is 0 Å². The highest BCUT2D eigenvalue weighted by molar-refractivity contribution is 7.09. The molecule has 0 fully saturated rings. The number of guanidine groups is 1. The molecule has 2 N–H and O–H groups in total. The van der Waals surface area contributed by atoms with Gasteiger partial charge in [0, 0.05) is 38.0 Å². The van der Waals surface area contributed by atoms with E-state index in [1.54, 1.807) is 35.6 Å². The molecule has 0 radical (unpaired) electrons. The quantitative estimate of drug-likeness (QED) is 0.286. The summed E-state index contributed by atoms with van der Waals surface area (Å²) in [6, 6.07) is 6.99. The normalized spacial score (nSPS) is 13.7. The fourth-order valence-electron chi connectivity index (χ4n) is 3.19. The number of carbonyl (C=O) groups excluding carboxylic acids is 2. The van der Waals surface area contributed by atoms with Gasteiger partial charge < -0.3 is 10.6 Å². The zero-order chi connectivity index (χ0) is 20.6. The van der Waals surface area contributed by atoms with Crippen molar-refractivity contribution in [2.24, 2.45) is 4.99 Å². The number of hydrogen-bond acceptors (Lipinski definition) is 5. The van der Waals surface area contributed by atoms with Crippen molar-refractivity contribution in [3.05, 3.63) is 51.5 Å². The van der Waals surface area contributed by atoms with Crippen LogP contribution in [0.1, 0.15) is 51.2 Å². The Morgan fingerprint density at radius 1 is 1.14 bits per heavy atom. The summed E-state index contributed by atoms with van der Waals surface area (Å²) in [4.78, 5) is 35.1. The highest BCUT2D eigenvalue weighted by Gasteiger charge is 2.34. The number of nitrogens with zero attached hydrogens (tertiary/aromatic N) is 3. The van der Waals surface area contributed by atoms with Gasteiger partial charge in [0.2, 0.25) is 0 Å². The average Bonchev–Trinajstić information content (AvgIpc) is 3.24. The molecule has 0 aliphatic carbocycles. The highest BCUT2D eigenvalue weighted by Crippen LogP contribution is 2.22. The van der Waals surface area contributed by atoms with E-state index in [2.05, 4.69) is 26.0 Å². The standard InChI is InChI=1S/C21H27N5O2S/c1-3-22-21(24-12-10-16-14-29-15(2)25-16)23-11-6-7-13-26-19(27)17-8-4-5-9-18(17)20(26)28/h4-5,8-9,14H,3,6-7,10-13H2,1-2H3,(H2,22,23,24). The zero-order valence-corrected chi connectivity index (χ0v) is 17.7. The van der Waals surface area contributed by atoms with Crippen molar-refractivity contribution < 1.29 is 9.59 Å². The molecular formula is C21H27N5O2S. The van der Waals surface area contributed by atoms with Gasteiger partial charge in [-0.25, -0.2) is 4.98 Å². The van der Waals surface area contributed by atoms with Crippen molar-refractivity contribution in [3.8, 4) is 0 Å². The lowest BCUT2D eigenvalue weighted by Gasteiger charge is -2.13. The van der Waals surface area contributed by atoms with Gasteiger partial charge in [0.1, 0.15) is 0 Å². The van der Waals surface area contributed by atoms with Crippen LogP contribution in [0.2, 0.25) is 0 Å². The van der Waals surface area contributed by atoms with E-state index >= 15 is 0 Å². The van der Waals surface area contributed by atoms with Crippen molar-refractivity contribution in [2.75, 3.05) is 26.2 Å². The Morgan fingerprint density at radius 3 is 2.48 bits per heavy atom. The molecule has 8 heteroatoms. The molecule has 2 amide bonds. The van der Waals surface area contributed by atoms with Gasteiger partial charge in [-0.15, -0.1) is 11.3 Å². The Morgan fingerprint density at radius 2 is 1.86 bits per heavy atom. The molecule has 0 atom stereocenters. The van der Waals surface area contributed by atoms with Gasteiger partial charge in [-0.05, 0) is 38.8 Å². The molecule has 0 bridgehead atoms. The molecule has 1 aromatic carbocycles. The predicted molar refractivity (Wildman–Crippen MR) is 116 cm³/mol. The highest BCUT2D eigenvalue weighted by atomic mass is 32.1. The minimum Gasteiger partial charge on any atom is -0.357 e. The van der Waals surface area contributed by atoms with E-state index < -0.39 is 0 Å². The van der Waals surface area contributed by atoms with Crippen molar-refractivity contribution in [1.29, 1.82) is 0 Å². The first-order valence-electron chi connectivity index (χ1n) is 9.98. The average molecular weight is 414 g/mol. The van der Waals surface area contributed by atoms with Gasteiger partial charge in [-0.1, -0.05) is 12.1 Å². The summed E-state index contributed by atoms with van der Waals surface area (Å²) < 4.78 is 0. The number of rotatable bonds is 9. The second kappa shape index (κ2) is 10.2. The topological polar surface area (TPSA) is 86.7 Å². The van der Waals surface area contributed by atoms with Crippen molar-refractivity contribution in [2.45, 2.75) is 33.1 Å². The molecule has 2 heterocycles. The van der Waals surface area contributed by atoms with E-state index in [4.69, 9.17) is 0 Å². The van der Waals surface area contributed by atoms with E-state index in [0.29, 0.717) is 24.2 Å². The van der Waals surface area contributed by atoms with E-state index in [9.17, 15) is 9.59 Å². The number of nitrogens with one attached hydrogen (secondary N) is 2. The second-order valence-electron chi connectivity index (χ2n) is 6.81. The maximum absolute atomic E-state index is 12.4. The van der Waals surface area contributed by atoms with Crippen LogP contribution in [0, 0.1) is 6.92 Å². The fraction of sp³-hybridized carbons (Fsp3) is 0.429. The van der Waals surface area contributed by atoms with Gasteiger partial charge in [0.05, 0.1) is 21.8 Å². The predicted octanol–water partition coefficient (Wildman–Crippen LogP) is 2.63. The number of fused-ring (bicyclic) bond motifs is 1. The maximum atomic E-state index is 12.4. The molecular weight excluding hydrogens is 386 g/mol. The minimum atomic E-state index is -0.193. The van der Waals surface area contributed by atoms with Crippen LogP contribution in [0.15, 0.2) is 34.6 Å². The van der Waals surface area contributed by atoms with E-state index in [1.807, 2.05) is 13.8 Å². The summed E-state index contributed by atoms with van der Waals surface area (Å²) in [5, 5.41) is 9.72. The number of amides is 2. The SMILES string of the molecule is CCNC(=NCCCCN1C(=O)c2ccccc2C1=O)NCCc1csc(C)n1. The molecule has 0 unspecified atom stereocenters. The number of aromatic nitrogens is 1.